The number of anilines is 3. The van der Waals surface area contributed by atoms with Crippen molar-refractivity contribution in [2.75, 3.05) is 23.4 Å². The third-order valence-corrected chi connectivity index (χ3v) is 3.26. The summed E-state index contributed by atoms with van der Waals surface area (Å²) in [6.07, 6.45) is 0. The van der Waals surface area contributed by atoms with E-state index in [1.165, 1.54) is 0 Å². The van der Waals surface area contributed by atoms with Crippen LogP contribution in [0.5, 0.6) is 5.75 Å². The molecule has 2 aromatic rings. The lowest BCUT2D eigenvalue weighted by Crippen LogP contribution is -2.36. The van der Waals surface area contributed by atoms with Crippen molar-refractivity contribution in [1.82, 2.24) is 0 Å². The fraction of sp³-hybridized carbons (Fsp3) is 0.188. The van der Waals surface area contributed by atoms with Gasteiger partial charge in [0.25, 0.3) is 0 Å². The molecule has 0 saturated heterocycles. The molecule has 0 aliphatic carbocycles. The predicted molar refractivity (Wildman–Crippen MR) is 79.7 cm³/mol. The molecule has 0 spiro atoms. The highest BCUT2D eigenvalue weighted by Crippen LogP contribution is 2.34. The first-order chi connectivity index (χ1) is 9.74. The Morgan fingerprint density at radius 3 is 2.70 bits per heavy atom. The molecule has 0 radical (unpaired) electrons. The summed E-state index contributed by atoms with van der Waals surface area (Å²) in [7, 11) is 0. The van der Waals surface area contributed by atoms with E-state index in [1.807, 2.05) is 48.5 Å². The highest BCUT2D eigenvalue weighted by molar-refractivity contribution is 5.94. The van der Waals surface area contributed by atoms with Crippen molar-refractivity contribution in [3.8, 4) is 5.75 Å². The fourth-order valence-corrected chi connectivity index (χ4v) is 2.31. The van der Waals surface area contributed by atoms with Crippen LogP contribution in [0.2, 0.25) is 0 Å². The Bertz CT molecular complexity index is 626. The van der Waals surface area contributed by atoms with E-state index in [4.69, 9.17) is 4.74 Å². The molecule has 2 aromatic carbocycles. The maximum Gasteiger partial charge on any atom is 0.224 e. The maximum atomic E-state index is 11.7. The van der Waals surface area contributed by atoms with Gasteiger partial charge < -0.3 is 15.0 Å². The molecule has 1 heterocycles. The summed E-state index contributed by atoms with van der Waals surface area (Å²) >= 11 is 0. The smallest absolute Gasteiger partial charge is 0.224 e. The molecule has 0 saturated carbocycles. The number of ether oxygens (including phenoxy) is 1. The molecule has 0 aromatic heterocycles. The van der Waals surface area contributed by atoms with Gasteiger partial charge in [-0.05, 0) is 30.3 Å². The zero-order valence-electron chi connectivity index (χ0n) is 11.3. The van der Waals surface area contributed by atoms with Crippen LogP contribution in [0.25, 0.3) is 0 Å². The summed E-state index contributed by atoms with van der Waals surface area (Å²) in [5.41, 5.74) is 2.77. The number of benzene rings is 2. The second kappa shape index (κ2) is 5.25. The van der Waals surface area contributed by atoms with Crippen LogP contribution < -0.4 is 15.0 Å². The van der Waals surface area contributed by atoms with Crippen LogP contribution in [0.3, 0.4) is 0 Å². The van der Waals surface area contributed by atoms with Crippen LogP contribution in [-0.4, -0.2) is 19.1 Å². The van der Waals surface area contributed by atoms with Crippen LogP contribution in [0, 0.1) is 0 Å². The van der Waals surface area contributed by atoms with Crippen LogP contribution in [0.15, 0.2) is 48.5 Å². The average molecular weight is 268 g/mol. The summed E-state index contributed by atoms with van der Waals surface area (Å²) in [6, 6.07) is 15.7. The van der Waals surface area contributed by atoms with E-state index >= 15 is 0 Å². The largest absolute Gasteiger partial charge is 0.490 e. The monoisotopic (exact) mass is 268 g/mol. The lowest BCUT2D eigenvalue weighted by Gasteiger charge is -2.29. The Morgan fingerprint density at radius 1 is 1.15 bits per heavy atom. The van der Waals surface area contributed by atoms with Gasteiger partial charge >= 0.3 is 0 Å². The highest BCUT2D eigenvalue weighted by atomic mass is 16.5. The Kier molecular flexibility index (Phi) is 3.29. The number of carbonyl (C=O) groups excluding carboxylic acids is 1. The minimum Gasteiger partial charge on any atom is -0.490 e. The topological polar surface area (TPSA) is 41.6 Å². The van der Waals surface area contributed by atoms with E-state index in [2.05, 4.69) is 5.32 Å². The summed E-state index contributed by atoms with van der Waals surface area (Å²) in [5.74, 6) is 0.788. The van der Waals surface area contributed by atoms with Crippen LogP contribution in [0.1, 0.15) is 6.92 Å². The number of nitrogens with zero attached hydrogens (tertiary/aromatic N) is 1. The van der Waals surface area contributed by atoms with Crippen molar-refractivity contribution in [2.24, 2.45) is 0 Å². The molecular formula is C16H16N2O2. The third kappa shape index (κ3) is 2.45. The molecule has 0 unspecified atom stereocenters. The number of fused-ring (bicyclic) bond motifs is 1. The van der Waals surface area contributed by atoms with Gasteiger partial charge in [0.1, 0.15) is 12.4 Å². The summed E-state index contributed by atoms with van der Waals surface area (Å²) in [6.45, 7) is 2.71. The number of amides is 1. The van der Waals surface area contributed by atoms with E-state index < -0.39 is 0 Å². The Hall–Kier alpha value is -2.49. The lowest BCUT2D eigenvalue weighted by molar-refractivity contribution is -0.116. The summed E-state index contributed by atoms with van der Waals surface area (Å²) < 4.78 is 5.59. The molecule has 4 nitrogen and oxygen atoms in total. The first kappa shape index (κ1) is 12.5. The second-order valence-corrected chi connectivity index (χ2v) is 4.69. The van der Waals surface area contributed by atoms with Gasteiger partial charge in [-0.15, -0.1) is 0 Å². The van der Waals surface area contributed by atoms with Crippen molar-refractivity contribution in [1.29, 1.82) is 0 Å². The zero-order valence-corrected chi connectivity index (χ0v) is 11.3. The minimum absolute atomic E-state index is 0.0337. The van der Waals surface area contributed by atoms with Crippen molar-refractivity contribution in [3.63, 3.8) is 0 Å². The van der Waals surface area contributed by atoms with E-state index in [0.29, 0.717) is 13.2 Å². The fourth-order valence-electron chi connectivity index (χ4n) is 2.31. The molecule has 0 atom stereocenters. The Balaban J connectivity index is 1.91. The van der Waals surface area contributed by atoms with Crippen molar-refractivity contribution < 1.29 is 9.53 Å². The molecule has 4 heteroatoms. The zero-order chi connectivity index (χ0) is 13.9. The molecule has 0 fully saturated rings. The molecule has 3 rings (SSSR count). The molecule has 1 aliphatic rings. The molecule has 20 heavy (non-hydrogen) atoms. The molecule has 102 valence electrons. The van der Waals surface area contributed by atoms with Crippen molar-refractivity contribution in [3.05, 3.63) is 48.5 Å². The van der Waals surface area contributed by atoms with E-state index in [-0.39, 0.29) is 5.91 Å². The SMILES string of the molecule is CC(=O)N1CCOc2ccc(Nc3ccccc3)cc21. The van der Waals surface area contributed by atoms with Gasteiger partial charge in [-0.25, -0.2) is 0 Å². The minimum atomic E-state index is 0.0337. The number of hydrogen-bond acceptors (Lipinski definition) is 3. The van der Waals surface area contributed by atoms with Gasteiger partial charge in [0.2, 0.25) is 5.91 Å². The van der Waals surface area contributed by atoms with E-state index in [0.717, 1.165) is 22.8 Å². The molecule has 0 bridgehead atoms. The summed E-state index contributed by atoms with van der Waals surface area (Å²) in [4.78, 5) is 13.4. The Morgan fingerprint density at radius 2 is 1.95 bits per heavy atom. The number of carbonyl (C=O) groups is 1. The molecule has 1 N–H and O–H groups in total. The maximum absolute atomic E-state index is 11.7. The van der Waals surface area contributed by atoms with Gasteiger partial charge in [-0.2, -0.15) is 0 Å². The van der Waals surface area contributed by atoms with Crippen LogP contribution >= 0.6 is 0 Å². The highest BCUT2D eigenvalue weighted by Gasteiger charge is 2.21. The lowest BCUT2D eigenvalue weighted by atomic mass is 10.2. The third-order valence-electron chi connectivity index (χ3n) is 3.26. The van der Waals surface area contributed by atoms with E-state index in [9.17, 15) is 4.79 Å². The first-order valence-electron chi connectivity index (χ1n) is 6.61. The average Bonchev–Trinajstić information content (AvgIpc) is 2.47. The van der Waals surface area contributed by atoms with Crippen LogP contribution in [0.4, 0.5) is 17.1 Å². The standard InChI is InChI=1S/C16H16N2O2/c1-12(19)18-9-10-20-16-8-7-14(11-15(16)18)17-13-5-3-2-4-6-13/h2-8,11,17H,9-10H2,1H3. The molecule has 1 aliphatic heterocycles. The van der Waals surface area contributed by atoms with E-state index in [1.54, 1.807) is 11.8 Å². The normalized spacial score (nSPS) is 13.3. The van der Waals surface area contributed by atoms with Gasteiger partial charge in [-0.3, -0.25) is 4.79 Å². The summed E-state index contributed by atoms with van der Waals surface area (Å²) in [5, 5.41) is 3.32. The quantitative estimate of drug-likeness (QED) is 0.909. The number of rotatable bonds is 2. The molecular weight excluding hydrogens is 252 g/mol. The number of para-hydroxylation sites is 1. The van der Waals surface area contributed by atoms with Gasteiger partial charge in [0.15, 0.2) is 0 Å². The predicted octanol–water partition coefficient (Wildman–Crippen LogP) is 3.18. The van der Waals surface area contributed by atoms with Gasteiger partial charge in [-0.1, -0.05) is 18.2 Å². The van der Waals surface area contributed by atoms with Crippen LogP contribution in [-0.2, 0) is 4.79 Å². The number of nitrogens with one attached hydrogen (secondary N) is 1. The van der Waals surface area contributed by atoms with Gasteiger partial charge in [0.05, 0.1) is 12.2 Å². The number of hydrogen-bond donors (Lipinski definition) is 1. The molecule has 1 amide bonds. The first-order valence-corrected chi connectivity index (χ1v) is 6.61. The Labute approximate surface area is 118 Å². The van der Waals surface area contributed by atoms with Gasteiger partial charge in [0, 0.05) is 18.3 Å². The van der Waals surface area contributed by atoms with Crippen molar-refractivity contribution in [2.45, 2.75) is 6.92 Å². The second-order valence-electron chi connectivity index (χ2n) is 4.69. The van der Waals surface area contributed by atoms with Crippen molar-refractivity contribution >= 4 is 23.0 Å².